The van der Waals surface area contributed by atoms with Gasteiger partial charge in [0.2, 0.25) is 0 Å². The molecule has 3 aromatic carbocycles. The van der Waals surface area contributed by atoms with Crippen LogP contribution in [-0.4, -0.2) is 0 Å². The number of hydrogen-bond acceptors (Lipinski definition) is 3. The molecule has 0 aliphatic carbocycles. The van der Waals surface area contributed by atoms with Crippen molar-refractivity contribution in [2.24, 2.45) is 0 Å². The molecule has 146 valence electrons. The van der Waals surface area contributed by atoms with Gasteiger partial charge >= 0.3 is 7.75 Å². The van der Waals surface area contributed by atoms with Gasteiger partial charge in [0.25, 0.3) is 0 Å². The summed E-state index contributed by atoms with van der Waals surface area (Å²) in [6.45, 7) is 4.40. The van der Waals surface area contributed by atoms with Gasteiger partial charge in [0.05, 0.1) is 0 Å². The quantitative estimate of drug-likeness (QED) is 0.387. The summed E-state index contributed by atoms with van der Waals surface area (Å²) >= 11 is 0. The number of nitrogens with one attached hydrogen (secondary N) is 1. The van der Waals surface area contributed by atoms with Gasteiger partial charge in [-0.05, 0) is 54.3 Å². The normalized spacial score (nSPS) is 12.2. The van der Waals surface area contributed by atoms with Crippen LogP contribution in [0.3, 0.4) is 0 Å². The van der Waals surface area contributed by atoms with Gasteiger partial charge in [0.15, 0.2) is 0 Å². The molecule has 0 bridgehead atoms. The Kier molecular flexibility index (Phi) is 6.78. The van der Waals surface area contributed by atoms with E-state index in [9.17, 15) is 4.57 Å². The largest absolute Gasteiger partial charge is 0.541 e. The Labute approximate surface area is 167 Å². The summed E-state index contributed by atoms with van der Waals surface area (Å²) < 4.78 is 25.0. The zero-order chi connectivity index (χ0) is 19.8. The minimum atomic E-state index is -3.69. The molecule has 1 unspecified atom stereocenters. The Balaban J connectivity index is 1.81. The van der Waals surface area contributed by atoms with Crippen LogP contribution in [0.2, 0.25) is 0 Å². The molecule has 0 aromatic heterocycles. The van der Waals surface area contributed by atoms with Crippen LogP contribution < -0.4 is 14.1 Å². The van der Waals surface area contributed by atoms with Crippen molar-refractivity contribution in [3.8, 4) is 11.5 Å². The number of anilines is 1. The van der Waals surface area contributed by atoms with Gasteiger partial charge in [-0.15, -0.1) is 0 Å². The fourth-order valence-corrected chi connectivity index (χ4v) is 4.34. The van der Waals surface area contributed by atoms with Crippen molar-refractivity contribution in [2.75, 3.05) is 5.09 Å². The first kappa shape index (κ1) is 20.0. The topological polar surface area (TPSA) is 47.6 Å². The lowest BCUT2D eigenvalue weighted by molar-refractivity contribution is 0.393. The molecule has 0 aliphatic rings. The molecule has 0 spiro atoms. The number of rotatable bonds is 9. The fraction of sp³-hybridized carbons (Fsp3) is 0.217. The molecule has 3 rings (SSSR count). The Morgan fingerprint density at radius 3 is 1.79 bits per heavy atom. The Morgan fingerprint density at radius 1 is 0.821 bits per heavy atom. The Hall–Kier alpha value is -2.71. The van der Waals surface area contributed by atoms with E-state index in [0.29, 0.717) is 23.1 Å². The van der Waals surface area contributed by atoms with E-state index in [4.69, 9.17) is 9.05 Å². The third kappa shape index (κ3) is 5.64. The molecule has 0 saturated carbocycles. The van der Waals surface area contributed by atoms with Gasteiger partial charge in [-0.25, -0.2) is 4.57 Å². The predicted molar refractivity (Wildman–Crippen MR) is 115 cm³/mol. The molecule has 0 saturated heterocycles. The number of para-hydroxylation sites is 2. The van der Waals surface area contributed by atoms with Crippen LogP contribution in [0.1, 0.15) is 38.2 Å². The van der Waals surface area contributed by atoms with E-state index in [1.54, 1.807) is 24.3 Å². The molecule has 3 aromatic rings. The molecule has 0 amide bonds. The first-order chi connectivity index (χ1) is 13.6. The molecule has 0 radical (unpaired) electrons. The summed E-state index contributed by atoms with van der Waals surface area (Å²) in [4.78, 5) is 0. The summed E-state index contributed by atoms with van der Waals surface area (Å²) in [6, 6.07) is 26.0. The van der Waals surface area contributed by atoms with Crippen molar-refractivity contribution < 1.29 is 13.6 Å². The Morgan fingerprint density at radius 2 is 1.32 bits per heavy atom. The summed E-state index contributed by atoms with van der Waals surface area (Å²) in [5, 5.41) is 2.96. The van der Waals surface area contributed by atoms with E-state index in [0.717, 1.165) is 12.8 Å². The summed E-state index contributed by atoms with van der Waals surface area (Å²) in [6.07, 6.45) is 2.28. The highest BCUT2D eigenvalue weighted by Crippen LogP contribution is 2.48. The van der Waals surface area contributed by atoms with Crippen LogP contribution in [-0.2, 0) is 4.57 Å². The van der Waals surface area contributed by atoms with E-state index < -0.39 is 7.75 Å². The molecule has 1 atom stereocenters. The zero-order valence-electron chi connectivity index (χ0n) is 16.2. The lowest BCUT2D eigenvalue weighted by atomic mass is 9.96. The molecular weight excluding hydrogens is 369 g/mol. The highest BCUT2D eigenvalue weighted by molar-refractivity contribution is 7.56. The minimum Gasteiger partial charge on any atom is -0.400 e. The molecule has 0 fully saturated rings. The summed E-state index contributed by atoms with van der Waals surface area (Å²) in [5.41, 5.74) is 1.94. The fourth-order valence-electron chi connectivity index (χ4n) is 2.95. The van der Waals surface area contributed by atoms with Crippen LogP contribution in [0.5, 0.6) is 11.5 Å². The molecule has 5 heteroatoms. The monoisotopic (exact) mass is 395 g/mol. The second kappa shape index (κ2) is 9.48. The van der Waals surface area contributed by atoms with Gasteiger partial charge in [-0.1, -0.05) is 68.8 Å². The molecule has 1 N–H and O–H groups in total. The van der Waals surface area contributed by atoms with Gasteiger partial charge in [0, 0.05) is 5.69 Å². The highest BCUT2D eigenvalue weighted by atomic mass is 31.2. The first-order valence-corrected chi connectivity index (χ1v) is 11.1. The molecule has 0 heterocycles. The van der Waals surface area contributed by atoms with Crippen molar-refractivity contribution in [1.29, 1.82) is 0 Å². The lowest BCUT2D eigenvalue weighted by Crippen LogP contribution is -2.10. The van der Waals surface area contributed by atoms with Crippen LogP contribution in [0.25, 0.3) is 0 Å². The average molecular weight is 395 g/mol. The molecule has 4 nitrogen and oxygen atoms in total. The maximum absolute atomic E-state index is 13.5. The SMILES string of the molecule is CCCC(C)c1ccc(NP(=O)(Oc2ccccc2)Oc2ccccc2)cc1. The second-order valence-electron chi connectivity index (χ2n) is 6.73. The number of benzene rings is 3. The van der Waals surface area contributed by atoms with Gasteiger partial charge in [-0.3, -0.25) is 5.09 Å². The molecular formula is C23H26NO3P. The predicted octanol–water partition coefficient (Wildman–Crippen LogP) is 7.27. The second-order valence-corrected chi connectivity index (χ2v) is 8.31. The smallest absolute Gasteiger partial charge is 0.400 e. The maximum Gasteiger partial charge on any atom is 0.541 e. The summed E-state index contributed by atoms with van der Waals surface area (Å²) in [7, 11) is -3.69. The van der Waals surface area contributed by atoms with Crippen LogP contribution in [0.4, 0.5) is 5.69 Å². The molecule has 0 aliphatic heterocycles. The number of hydrogen-bond donors (Lipinski definition) is 1. The van der Waals surface area contributed by atoms with Crippen LogP contribution >= 0.6 is 7.75 Å². The van der Waals surface area contributed by atoms with Crippen molar-refractivity contribution in [3.63, 3.8) is 0 Å². The Bertz CT molecular complexity index is 853. The first-order valence-electron chi connectivity index (χ1n) is 9.55. The standard InChI is InChI=1S/C23H26NO3P/c1-3-10-19(2)20-15-17-21(18-16-20)24-28(25,26-22-11-6-4-7-12-22)27-23-13-8-5-9-14-23/h4-9,11-19H,3,10H2,1-2H3,(H,24,25). The van der Waals surface area contributed by atoms with E-state index in [2.05, 4.69) is 31.1 Å². The molecule has 28 heavy (non-hydrogen) atoms. The van der Waals surface area contributed by atoms with Crippen molar-refractivity contribution >= 4 is 13.4 Å². The zero-order valence-corrected chi connectivity index (χ0v) is 17.1. The van der Waals surface area contributed by atoms with Crippen LogP contribution in [0, 0.1) is 0 Å². The van der Waals surface area contributed by atoms with E-state index in [1.807, 2.05) is 48.5 Å². The lowest BCUT2D eigenvalue weighted by Gasteiger charge is -2.21. The minimum absolute atomic E-state index is 0.474. The van der Waals surface area contributed by atoms with Gasteiger partial charge in [0.1, 0.15) is 11.5 Å². The van der Waals surface area contributed by atoms with Gasteiger partial charge in [-0.2, -0.15) is 0 Å². The van der Waals surface area contributed by atoms with Gasteiger partial charge < -0.3 is 9.05 Å². The average Bonchev–Trinajstić information content (AvgIpc) is 2.70. The van der Waals surface area contributed by atoms with Crippen molar-refractivity contribution in [2.45, 2.75) is 32.6 Å². The van der Waals surface area contributed by atoms with Crippen molar-refractivity contribution in [1.82, 2.24) is 0 Å². The third-order valence-electron chi connectivity index (χ3n) is 4.41. The van der Waals surface area contributed by atoms with Crippen LogP contribution in [0.15, 0.2) is 84.9 Å². The highest BCUT2D eigenvalue weighted by Gasteiger charge is 2.29. The maximum atomic E-state index is 13.5. The third-order valence-corrected chi connectivity index (χ3v) is 5.84. The van der Waals surface area contributed by atoms with E-state index in [-0.39, 0.29) is 0 Å². The van der Waals surface area contributed by atoms with E-state index in [1.165, 1.54) is 5.56 Å². The van der Waals surface area contributed by atoms with Crippen molar-refractivity contribution in [3.05, 3.63) is 90.5 Å². The summed E-state index contributed by atoms with van der Waals surface area (Å²) in [5.74, 6) is 1.44. The van der Waals surface area contributed by atoms with E-state index >= 15 is 0 Å².